The zero-order valence-electron chi connectivity index (χ0n) is 21.0. The Labute approximate surface area is 213 Å². The fourth-order valence-electron chi connectivity index (χ4n) is 3.65. The van der Waals surface area contributed by atoms with Crippen LogP contribution in [-0.2, 0) is 14.8 Å². The highest BCUT2D eigenvalue weighted by molar-refractivity contribution is 7.92. The topological polar surface area (TPSA) is 94.2 Å². The maximum Gasteiger partial charge on any atom is 0.265 e. The van der Waals surface area contributed by atoms with Gasteiger partial charge in [0.25, 0.3) is 10.0 Å². The van der Waals surface area contributed by atoms with Crippen molar-refractivity contribution in [3.05, 3.63) is 41.4 Å². The highest BCUT2D eigenvalue weighted by atomic mass is 35.5. The molecule has 0 saturated heterocycles. The molecule has 0 spiro atoms. The maximum atomic E-state index is 13.8. The Balaban J connectivity index is 2.45. The third-order valence-electron chi connectivity index (χ3n) is 5.77. The van der Waals surface area contributed by atoms with E-state index in [1.54, 1.807) is 12.1 Å². The molecule has 1 N–H and O–H groups in total. The minimum absolute atomic E-state index is 0.0700. The molecule has 2 aromatic rings. The molecule has 0 heterocycles. The van der Waals surface area contributed by atoms with Crippen LogP contribution in [0.25, 0.3) is 0 Å². The van der Waals surface area contributed by atoms with Gasteiger partial charge in [0.05, 0.1) is 31.9 Å². The largest absolute Gasteiger partial charge is 0.495 e. The number of amides is 1. The van der Waals surface area contributed by atoms with Crippen molar-refractivity contribution in [3.8, 4) is 17.2 Å². The summed E-state index contributed by atoms with van der Waals surface area (Å²) in [6, 6.07) is 8.86. The van der Waals surface area contributed by atoms with Gasteiger partial charge in [0, 0.05) is 17.6 Å². The lowest BCUT2D eigenvalue weighted by Gasteiger charge is -2.26. The van der Waals surface area contributed by atoms with Crippen LogP contribution in [0.5, 0.6) is 17.2 Å². The van der Waals surface area contributed by atoms with Crippen LogP contribution >= 0.6 is 11.6 Å². The lowest BCUT2D eigenvalue weighted by Crippen LogP contribution is -2.42. The summed E-state index contributed by atoms with van der Waals surface area (Å²) >= 11 is 6.19. The molecule has 0 radical (unpaired) electrons. The average Bonchev–Trinajstić information content (AvgIpc) is 2.86. The highest BCUT2D eigenvalue weighted by Crippen LogP contribution is 2.37. The molecule has 0 unspecified atom stereocenters. The molecule has 0 fully saturated rings. The Morgan fingerprint density at radius 2 is 1.66 bits per heavy atom. The molecular weight excluding hydrogens is 492 g/mol. The van der Waals surface area contributed by atoms with Crippen LogP contribution in [0.4, 0.5) is 5.69 Å². The van der Waals surface area contributed by atoms with Crippen LogP contribution in [0.15, 0.2) is 41.3 Å². The second kappa shape index (κ2) is 13.4. The van der Waals surface area contributed by atoms with E-state index in [2.05, 4.69) is 19.2 Å². The number of sulfonamides is 1. The van der Waals surface area contributed by atoms with E-state index in [0.717, 1.165) is 30.0 Å². The Morgan fingerprint density at radius 3 is 2.26 bits per heavy atom. The number of methoxy groups -OCH3 is 3. The number of carbonyl (C=O) groups is 1. The van der Waals surface area contributed by atoms with Gasteiger partial charge >= 0.3 is 0 Å². The first-order valence-corrected chi connectivity index (χ1v) is 13.4. The number of nitrogens with one attached hydrogen (secondary N) is 1. The van der Waals surface area contributed by atoms with Gasteiger partial charge in [0.15, 0.2) is 11.5 Å². The zero-order valence-corrected chi connectivity index (χ0v) is 22.5. The Hall–Kier alpha value is -2.65. The van der Waals surface area contributed by atoms with Crippen LogP contribution < -0.4 is 23.8 Å². The molecule has 2 aromatic carbocycles. The van der Waals surface area contributed by atoms with E-state index in [9.17, 15) is 13.2 Å². The van der Waals surface area contributed by atoms with Gasteiger partial charge in [-0.1, -0.05) is 44.7 Å². The molecule has 0 aromatic heterocycles. The van der Waals surface area contributed by atoms with Gasteiger partial charge in [-0.05, 0) is 42.7 Å². The van der Waals surface area contributed by atoms with Crippen LogP contribution in [0.2, 0.25) is 5.02 Å². The molecule has 2 rings (SSSR count). The van der Waals surface area contributed by atoms with Crippen molar-refractivity contribution in [2.24, 2.45) is 5.92 Å². The lowest BCUT2D eigenvalue weighted by molar-refractivity contribution is -0.119. The number of anilines is 1. The molecule has 8 nitrogen and oxygen atoms in total. The summed E-state index contributed by atoms with van der Waals surface area (Å²) in [4.78, 5) is 12.9. The van der Waals surface area contributed by atoms with E-state index >= 15 is 0 Å². The van der Waals surface area contributed by atoms with Crippen molar-refractivity contribution in [1.29, 1.82) is 0 Å². The van der Waals surface area contributed by atoms with Crippen LogP contribution in [0, 0.1) is 5.92 Å². The summed E-state index contributed by atoms with van der Waals surface area (Å²) in [5.74, 6) is 0.800. The molecule has 0 aliphatic carbocycles. The Bertz CT molecular complexity index is 1090. The molecule has 0 bridgehead atoms. The number of carbonyl (C=O) groups excluding carboxylic acids is 1. The normalized spacial score (nSPS) is 12.1. The molecule has 35 heavy (non-hydrogen) atoms. The summed E-state index contributed by atoms with van der Waals surface area (Å²) in [7, 11) is 0.0888. The van der Waals surface area contributed by atoms with E-state index in [-0.39, 0.29) is 22.1 Å². The first-order valence-electron chi connectivity index (χ1n) is 11.6. The minimum atomic E-state index is -4.22. The summed E-state index contributed by atoms with van der Waals surface area (Å²) in [6.45, 7) is 4.24. The number of ether oxygens (including phenoxy) is 3. The van der Waals surface area contributed by atoms with Crippen LogP contribution in [-0.4, -0.2) is 48.7 Å². The van der Waals surface area contributed by atoms with Crippen molar-refractivity contribution in [2.75, 3.05) is 38.7 Å². The van der Waals surface area contributed by atoms with Crippen molar-refractivity contribution in [3.63, 3.8) is 0 Å². The third kappa shape index (κ3) is 7.41. The number of nitrogens with zero attached hydrogens (tertiary/aromatic N) is 1. The van der Waals surface area contributed by atoms with E-state index in [0.29, 0.717) is 23.2 Å². The molecule has 0 saturated carbocycles. The van der Waals surface area contributed by atoms with Gasteiger partial charge in [-0.2, -0.15) is 0 Å². The van der Waals surface area contributed by atoms with E-state index in [4.69, 9.17) is 25.8 Å². The third-order valence-corrected chi connectivity index (χ3v) is 7.76. The predicted octanol–water partition coefficient (Wildman–Crippen LogP) is 4.89. The molecule has 0 aliphatic heterocycles. The van der Waals surface area contributed by atoms with Crippen molar-refractivity contribution < 1.29 is 27.4 Å². The summed E-state index contributed by atoms with van der Waals surface area (Å²) in [6.07, 6.45) is 4.09. The summed E-state index contributed by atoms with van der Waals surface area (Å²) in [5, 5.41) is 3.20. The Morgan fingerprint density at radius 1 is 1.00 bits per heavy atom. The molecule has 194 valence electrons. The smallest absolute Gasteiger partial charge is 0.265 e. The monoisotopic (exact) mass is 526 g/mol. The SMILES string of the molecule is CCCC[C@@H](CC)CNC(=O)CN(c1cc(Cl)ccc1OC)S(=O)(=O)c1ccc(OC)c(OC)c1. The van der Waals surface area contributed by atoms with E-state index in [1.807, 2.05) is 0 Å². The molecule has 10 heteroatoms. The quantitative estimate of drug-likeness (QED) is 0.376. The molecule has 1 atom stereocenters. The minimum Gasteiger partial charge on any atom is -0.495 e. The molecular formula is C25H35ClN2O6S. The fourth-order valence-corrected chi connectivity index (χ4v) is 5.26. The number of halogens is 1. The van der Waals surface area contributed by atoms with Crippen LogP contribution in [0.1, 0.15) is 39.5 Å². The first kappa shape index (κ1) is 28.6. The number of benzene rings is 2. The Kier molecular flexibility index (Phi) is 11.0. The summed E-state index contributed by atoms with van der Waals surface area (Å²) in [5.41, 5.74) is 0.156. The van der Waals surface area contributed by atoms with Crippen molar-refractivity contribution >= 4 is 33.2 Å². The van der Waals surface area contributed by atoms with E-state index in [1.165, 1.54) is 45.6 Å². The molecule has 0 aliphatic rings. The number of rotatable bonds is 14. The van der Waals surface area contributed by atoms with Crippen molar-refractivity contribution in [2.45, 2.75) is 44.4 Å². The van der Waals surface area contributed by atoms with E-state index < -0.39 is 22.5 Å². The second-order valence-corrected chi connectivity index (χ2v) is 10.4. The van der Waals surface area contributed by atoms with Gasteiger partial charge in [0.1, 0.15) is 12.3 Å². The number of hydrogen-bond donors (Lipinski definition) is 1. The zero-order chi connectivity index (χ0) is 26.0. The average molecular weight is 527 g/mol. The van der Waals surface area contributed by atoms with Gasteiger partial charge in [-0.25, -0.2) is 8.42 Å². The standard InChI is InChI=1S/C25H35ClN2O6S/c1-6-8-9-18(7-2)16-27-25(29)17-28(21-14-19(26)10-12-22(21)32-3)35(30,31)20-11-13-23(33-4)24(15-20)34-5/h10-15,18H,6-9,16-17H2,1-5H3,(H,27,29)/t18-/m1/s1. The maximum absolute atomic E-state index is 13.8. The summed E-state index contributed by atoms with van der Waals surface area (Å²) < 4.78 is 44.5. The molecule has 1 amide bonds. The highest BCUT2D eigenvalue weighted by Gasteiger charge is 2.30. The van der Waals surface area contributed by atoms with Crippen molar-refractivity contribution in [1.82, 2.24) is 5.32 Å². The number of unbranched alkanes of at least 4 members (excludes halogenated alkanes) is 1. The van der Waals surface area contributed by atoms with Crippen LogP contribution in [0.3, 0.4) is 0 Å². The van der Waals surface area contributed by atoms with Gasteiger partial charge in [0.2, 0.25) is 5.91 Å². The second-order valence-electron chi connectivity index (χ2n) is 8.07. The fraction of sp³-hybridized carbons (Fsp3) is 0.480. The predicted molar refractivity (Wildman–Crippen MR) is 138 cm³/mol. The van der Waals surface area contributed by atoms with Gasteiger partial charge < -0.3 is 19.5 Å². The van der Waals surface area contributed by atoms with Gasteiger partial charge in [-0.15, -0.1) is 0 Å². The number of hydrogen-bond acceptors (Lipinski definition) is 6. The first-order chi connectivity index (χ1) is 16.7. The lowest BCUT2D eigenvalue weighted by atomic mass is 9.99. The van der Waals surface area contributed by atoms with Gasteiger partial charge in [-0.3, -0.25) is 9.10 Å².